The van der Waals surface area contributed by atoms with E-state index >= 15 is 0 Å². The molecule has 3 aromatic rings. The van der Waals surface area contributed by atoms with Gasteiger partial charge < -0.3 is 9.73 Å². The minimum atomic E-state index is -0.688. The maximum absolute atomic E-state index is 13.5. The fourth-order valence-electron chi connectivity index (χ4n) is 3.73. The van der Waals surface area contributed by atoms with Crippen molar-refractivity contribution in [3.05, 3.63) is 95.2 Å². The molecule has 25 heavy (non-hydrogen) atoms. The summed E-state index contributed by atoms with van der Waals surface area (Å²) in [4.78, 5) is 12.8. The summed E-state index contributed by atoms with van der Waals surface area (Å²) in [6.07, 6.45) is 4.14. The predicted molar refractivity (Wildman–Crippen MR) is 92.7 cm³/mol. The summed E-state index contributed by atoms with van der Waals surface area (Å²) >= 11 is 0. The first-order chi connectivity index (χ1) is 12.2. The highest BCUT2D eigenvalue weighted by Gasteiger charge is 2.40. The highest BCUT2D eigenvalue weighted by Crippen LogP contribution is 2.41. The van der Waals surface area contributed by atoms with E-state index < -0.39 is 5.54 Å². The van der Waals surface area contributed by atoms with Gasteiger partial charge in [0.25, 0.3) is 5.91 Å². The molecule has 3 nitrogen and oxygen atoms in total. The third-order valence-electron chi connectivity index (χ3n) is 4.88. The van der Waals surface area contributed by atoms with Gasteiger partial charge in [-0.1, -0.05) is 36.4 Å². The van der Waals surface area contributed by atoms with Crippen LogP contribution in [-0.2, 0) is 12.0 Å². The monoisotopic (exact) mass is 335 g/mol. The lowest BCUT2D eigenvalue weighted by molar-refractivity contribution is 0.0876. The molecule has 0 spiro atoms. The van der Waals surface area contributed by atoms with Gasteiger partial charge in [-0.2, -0.15) is 0 Å². The molecule has 1 heterocycles. The number of furan rings is 1. The highest BCUT2D eigenvalue weighted by atomic mass is 19.1. The Labute approximate surface area is 145 Å². The van der Waals surface area contributed by atoms with E-state index in [9.17, 15) is 9.18 Å². The van der Waals surface area contributed by atoms with Crippen LogP contribution in [0.3, 0.4) is 0 Å². The van der Waals surface area contributed by atoms with Crippen LogP contribution >= 0.6 is 0 Å². The van der Waals surface area contributed by atoms with Gasteiger partial charge in [-0.3, -0.25) is 4.79 Å². The number of carbonyl (C=O) groups excluding carboxylic acids is 1. The van der Waals surface area contributed by atoms with Gasteiger partial charge in [0.1, 0.15) is 5.82 Å². The Morgan fingerprint density at radius 1 is 1.04 bits per heavy atom. The van der Waals surface area contributed by atoms with Crippen molar-refractivity contribution in [2.75, 3.05) is 0 Å². The van der Waals surface area contributed by atoms with Gasteiger partial charge in [0, 0.05) is 0 Å². The lowest BCUT2D eigenvalue weighted by atomic mass is 9.72. The van der Waals surface area contributed by atoms with Gasteiger partial charge in [0.15, 0.2) is 5.76 Å². The topological polar surface area (TPSA) is 42.2 Å². The predicted octanol–water partition coefficient (Wildman–Crippen LogP) is 4.43. The second kappa shape index (κ2) is 6.20. The van der Waals surface area contributed by atoms with Crippen LogP contribution in [0.25, 0.3) is 0 Å². The molecule has 1 atom stereocenters. The standard InChI is InChI=1S/C21H18FNO2/c22-17-11-9-16(10-12-17)21(23-20(24)19-8-4-14-25-19)13-3-6-15-5-1-2-7-18(15)21/h1-2,4-5,7-12,14H,3,6,13H2,(H,23,24). The Morgan fingerprint density at radius 3 is 2.60 bits per heavy atom. The number of rotatable bonds is 3. The van der Waals surface area contributed by atoms with Crippen LogP contribution in [0, 0.1) is 5.82 Å². The molecule has 4 rings (SSSR count). The van der Waals surface area contributed by atoms with E-state index in [0.717, 1.165) is 30.4 Å². The Hall–Kier alpha value is -2.88. The van der Waals surface area contributed by atoms with Gasteiger partial charge in [-0.15, -0.1) is 0 Å². The van der Waals surface area contributed by atoms with Gasteiger partial charge in [0.2, 0.25) is 0 Å². The molecule has 1 amide bonds. The summed E-state index contributed by atoms with van der Waals surface area (Å²) in [6.45, 7) is 0. The zero-order valence-corrected chi connectivity index (χ0v) is 13.7. The first-order valence-electron chi connectivity index (χ1n) is 8.39. The maximum atomic E-state index is 13.5. The quantitative estimate of drug-likeness (QED) is 0.769. The van der Waals surface area contributed by atoms with E-state index in [1.807, 2.05) is 18.2 Å². The van der Waals surface area contributed by atoms with Crippen LogP contribution in [0.4, 0.5) is 4.39 Å². The van der Waals surface area contributed by atoms with Crippen molar-refractivity contribution >= 4 is 5.91 Å². The molecule has 0 radical (unpaired) electrons. The summed E-state index contributed by atoms with van der Waals surface area (Å²) < 4.78 is 18.7. The number of fused-ring (bicyclic) bond motifs is 1. The molecule has 0 aliphatic heterocycles. The second-order valence-electron chi connectivity index (χ2n) is 6.35. The normalized spacial score (nSPS) is 19.2. The summed E-state index contributed by atoms with van der Waals surface area (Å²) in [7, 11) is 0. The molecular formula is C21H18FNO2. The van der Waals surface area contributed by atoms with Crippen molar-refractivity contribution in [1.82, 2.24) is 5.32 Å². The SMILES string of the molecule is O=C(NC1(c2ccc(F)cc2)CCCc2ccccc21)c1ccco1. The number of hydrogen-bond donors (Lipinski definition) is 1. The number of carbonyl (C=O) groups is 1. The summed E-state index contributed by atoms with van der Waals surface area (Å²) in [5.41, 5.74) is 2.46. The number of amides is 1. The molecule has 2 aromatic carbocycles. The molecule has 1 aromatic heterocycles. The number of hydrogen-bond acceptors (Lipinski definition) is 2. The molecular weight excluding hydrogens is 317 g/mol. The van der Waals surface area contributed by atoms with E-state index in [2.05, 4.69) is 11.4 Å². The zero-order chi connectivity index (χ0) is 17.3. The number of halogens is 1. The Bertz CT molecular complexity index is 887. The molecule has 1 aliphatic carbocycles. The van der Waals surface area contributed by atoms with E-state index in [-0.39, 0.29) is 17.5 Å². The van der Waals surface area contributed by atoms with Gasteiger partial charge in [-0.05, 0) is 60.2 Å². The Kier molecular flexibility index (Phi) is 3.88. The molecule has 0 fully saturated rings. The van der Waals surface area contributed by atoms with Crippen LogP contribution in [0.5, 0.6) is 0 Å². The lowest BCUT2D eigenvalue weighted by Gasteiger charge is -2.40. The average Bonchev–Trinajstić information content (AvgIpc) is 3.17. The Morgan fingerprint density at radius 2 is 1.84 bits per heavy atom. The first-order valence-corrected chi connectivity index (χ1v) is 8.39. The van der Waals surface area contributed by atoms with Crippen LogP contribution in [0.1, 0.15) is 40.1 Å². The fraction of sp³-hybridized carbons (Fsp3) is 0.190. The zero-order valence-electron chi connectivity index (χ0n) is 13.7. The van der Waals surface area contributed by atoms with Crippen molar-refractivity contribution in [3.63, 3.8) is 0 Å². The number of benzene rings is 2. The van der Waals surface area contributed by atoms with Gasteiger partial charge in [0.05, 0.1) is 11.8 Å². The van der Waals surface area contributed by atoms with E-state index in [4.69, 9.17) is 4.42 Å². The fourth-order valence-corrected chi connectivity index (χ4v) is 3.73. The summed E-state index contributed by atoms with van der Waals surface area (Å²) in [6, 6.07) is 17.8. The summed E-state index contributed by atoms with van der Waals surface area (Å²) in [5.74, 6) is -0.295. The second-order valence-corrected chi connectivity index (χ2v) is 6.35. The van der Waals surface area contributed by atoms with Gasteiger partial charge >= 0.3 is 0 Å². The molecule has 1 N–H and O–H groups in total. The average molecular weight is 335 g/mol. The van der Waals surface area contributed by atoms with Crippen LogP contribution in [0.2, 0.25) is 0 Å². The molecule has 1 unspecified atom stereocenters. The van der Waals surface area contributed by atoms with Crippen molar-refractivity contribution in [2.24, 2.45) is 0 Å². The minimum Gasteiger partial charge on any atom is -0.459 e. The van der Waals surface area contributed by atoms with E-state index in [1.165, 1.54) is 24.0 Å². The third-order valence-corrected chi connectivity index (χ3v) is 4.88. The van der Waals surface area contributed by atoms with Crippen LogP contribution < -0.4 is 5.32 Å². The van der Waals surface area contributed by atoms with E-state index in [1.54, 1.807) is 24.3 Å². The van der Waals surface area contributed by atoms with Crippen LogP contribution in [0.15, 0.2) is 71.3 Å². The molecule has 126 valence electrons. The van der Waals surface area contributed by atoms with Crippen molar-refractivity contribution in [3.8, 4) is 0 Å². The molecule has 0 saturated heterocycles. The smallest absolute Gasteiger partial charge is 0.287 e. The van der Waals surface area contributed by atoms with Gasteiger partial charge in [-0.25, -0.2) is 4.39 Å². The maximum Gasteiger partial charge on any atom is 0.287 e. The molecule has 4 heteroatoms. The van der Waals surface area contributed by atoms with E-state index in [0.29, 0.717) is 0 Å². The minimum absolute atomic E-state index is 0.268. The molecule has 0 bridgehead atoms. The van der Waals surface area contributed by atoms with Crippen molar-refractivity contribution in [1.29, 1.82) is 0 Å². The number of nitrogens with one attached hydrogen (secondary N) is 1. The lowest BCUT2D eigenvalue weighted by Crippen LogP contribution is -2.48. The third kappa shape index (κ3) is 2.74. The molecule has 0 saturated carbocycles. The van der Waals surface area contributed by atoms with Crippen molar-refractivity contribution in [2.45, 2.75) is 24.8 Å². The van der Waals surface area contributed by atoms with Crippen LogP contribution in [-0.4, -0.2) is 5.91 Å². The summed E-state index contributed by atoms with van der Waals surface area (Å²) in [5, 5.41) is 3.17. The highest BCUT2D eigenvalue weighted by molar-refractivity contribution is 5.92. The first kappa shape index (κ1) is 15.6. The molecule has 1 aliphatic rings. The van der Waals surface area contributed by atoms with Crippen molar-refractivity contribution < 1.29 is 13.6 Å². The largest absolute Gasteiger partial charge is 0.459 e. The Balaban J connectivity index is 1.85. The number of aryl methyl sites for hydroxylation is 1.